The highest BCUT2D eigenvalue weighted by atomic mass is 16.5. The third-order valence-electron chi connectivity index (χ3n) is 4.72. The lowest BCUT2D eigenvalue weighted by atomic mass is 9.95. The number of benzene rings is 2. The van der Waals surface area contributed by atoms with Gasteiger partial charge in [-0.15, -0.1) is 0 Å². The second kappa shape index (κ2) is 8.66. The maximum Gasteiger partial charge on any atom is 0.226 e. The van der Waals surface area contributed by atoms with Crippen LogP contribution >= 0.6 is 0 Å². The Morgan fingerprint density at radius 2 is 1.81 bits per heavy atom. The van der Waals surface area contributed by atoms with Crippen molar-refractivity contribution in [3.8, 4) is 23.0 Å². The number of para-hydroxylation sites is 2. The maximum atomic E-state index is 12.6. The fourth-order valence-electron chi connectivity index (χ4n) is 3.34. The molecule has 0 spiro atoms. The monoisotopic (exact) mass is 371 g/mol. The molecule has 2 aromatic rings. The van der Waals surface area contributed by atoms with Gasteiger partial charge in [0.25, 0.3) is 0 Å². The van der Waals surface area contributed by atoms with E-state index >= 15 is 0 Å². The Hall–Kier alpha value is -2.89. The number of hydrogen-bond donors (Lipinski definition) is 1. The molecule has 2 aromatic carbocycles. The zero-order valence-electron chi connectivity index (χ0n) is 15.9. The number of methoxy groups -OCH3 is 3. The first-order chi connectivity index (χ1) is 13.2. The van der Waals surface area contributed by atoms with Gasteiger partial charge >= 0.3 is 0 Å². The van der Waals surface area contributed by atoms with Gasteiger partial charge in [-0.2, -0.15) is 0 Å². The summed E-state index contributed by atoms with van der Waals surface area (Å²) in [6.07, 6.45) is 1.30. The summed E-state index contributed by atoms with van der Waals surface area (Å²) in [5.74, 6) is 2.62. The van der Waals surface area contributed by atoms with Crippen molar-refractivity contribution in [3.05, 3.63) is 47.5 Å². The van der Waals surface area contributed by atoms with E-state index in [0.717, 1.165) is 16.9 Å². The van der Waals surface area contributed by atoms with Crippen molar-refractivity contribution < 1.29 is 23.7 Å². The van der Waals surface area contributed by atoms with Crippen LogP contribution in [-0.4, -0.2) is 40.4 Å². The molecule has 6 heteroatoms. The van der Waals surface area contributed by atoms with Crippen LogP contribution in [0.25, 0.3) is 0 Å². The van der Waals surface area contributed by atoms with Crippen LogP contribution in [0.5, 0.6) is 23.0 Å². The van der Waals surface area contributed by atoms with Gasteiger partial charge in [-0.05, 0) is 36.1 Å². The molecule has 3 rings (SSSR count). The predicted molar refractivity (Wildman–Crippen MR) is 102 cm³/mol. The number of amides is 1. The van der Waals surface area contributed by atoms with Gasteiger partial charge in [-0.3, -0.25) is 4.79 Å². The van der Waals surface area contributed by atoms with Crippen molar-refractivity contribution in [3.63, 3.8) is 0 Å². The van der Waals surface area contributed by atoms with Crippen molar-refractivity contribution >= 4 is 5.91 Å². The topological polar surface area (TPSA) is 66.0 Å². The minimum atomic E-state index is -0.211. The van der Waals surface area contributed by atoms with E-state index in [1.807, 2.05) is 36.4 Å². The van der Waals surface area contributed by atoms with Gasteiger partial charge in [0.2, 0.25) is 5.91 Å². The molecule has 0 saturated heterocycles. The predicted octanol–water partition coefficient (Wildman–Crippen LogP) is 2.62. The summed E-state index contributed by atoms with van der Waals surface area (Å²) in [6.45, 7) is 0.867. The van der Waals surface area contributed by atoms with Crippen LogP contribution in [0.1, 0.15) is 11.1 Å². The molecular weight excluding hydrogens is 346 g/mol. The lowest BCUT2D eigenvalue weighted by Gasteiger charge is -2.25. The molecule has 144 valence electrons. The van der Waals surface area contributed by atoms with Gasteiger partial charge in [0.15, 0.2) is 23.0 Å². The Kier molecular flexibility index (Phi) is 6.06. The van der Waals surface area contributed by atoms with Crippen LogP contribution in [0.3, 0.4) is 0 Å². The Morgan fingerprint density at radius 1 is 1.07 bits per heavy atom. The molecule has 1 atom stereocenters. The molecule has 1 aliphatic heterocycles. The number of rotatable bonds is 7. The van der Waals surface area contributed by atoms with Gasteiger partial charge in [0.1, 0.15) is 6.61 Å². The number of carbonyl (C=O) groups excluding carboxylic acids is 1. The van der Waals surface area contributed by atoms with E-state index < -0.39 is 0 Å². The van der Waals surface area contributed by atoms with Crippen molar-refractivity contribution in [2.75, 3.05) is 34.5 Å². The highest BCUT2D eigenvalue weighted by Crippen LogP contribution is 2.36. The molecule has 0 bridgehead atoms. The highest BCUT2D eigenvalue weighted by Gasteiger charge is 2.27. The smallest absolute Gasteiger partial charge is 0.226 e. The zero-order chi connectivity index (χ0) is 19.2. The summed E-state index contributed by atoms with van der Waals surface area (Å²) in [6, 6.07) is 11.5. The minimum Gasteiger partial charge on any atom is -0.493 e. The molecule has 1 amide bonds. The number of carbonyl (C=O) groups is 1. The molecule has 0 unspecified atom stereocenters. The first kappa shape index (κ1) is 18.9. The van der Waals surface area contributed by atoms with E-state index in [2.05, 4.69) is 5.32 Å². The third kappa shape index (κ3) is 4.10. The summed E-state index contributed by atoms with van der Waals surface area (Å²) in [5.41, 5.74) is 1.99. The fraction of sp³-hybridized carbons (Fsp3) is 0.381. The van der Waals surface area contributed by atoms with E-state index in [0.29, 0.717) is 43.2 Å². The fourth-order valence-corrected chi connectivity index (χ4v) is 3.34. The summed E-state index contributed by atoms with van der Waals surface area (Å²) >= 11 is 0. The van der Waals surface area contributed by atoms with Gasteiger partial charge < -0.3 is 24.3 Å². The Morgan fingerprint density at radius 3 is 2.56 bits per heavy atom. The van der Waals surface area contributed by atoms with Crippen molar-refractivity contribution in [1.29, 1.82) is 0 Å². The summed E-state index contributed by atoms with van der Waals surface area (Å²) in [5, 5.41) is 3.00. The highest BCUT2D eigenvalue weighted by molar-refractivity contribution is 5.79. The minimum absolute atomic E-state index is 0.00895. The standard InChI is InChI=1S/C21H25NO5/c1-24-17-8-4-6-14(19(17)26-3)10-11-22-21(23)16-12-15-7-5-9-18(25-2)20(15)27-13-16/h4-9,16H,10-13H2,1-3H3,(H,22,23)/t16-/m0/s1. The van der Waals surface area contributed by atoms with E-state index in [4.69, 9.17) is 18.9 Å². The number of ether oxygens (including phenoxy) is 4. The first-order valence-corrected chi connectivity index (χ1v) is 8.94. The van der Waals surface area contributed by atoms with E-state index in [1.54, 1.807) is 21.3 Å². The Labute approximate surface area is 159 Å². The third-order valence-corrected chi connectivity index (χ3v) is 4.72. The molecule has 6 nitrogen and oxygen atoms in total. The van der Waals surface area contributed by atoms with Gasteiger partial charge in [0.05, 0.1) is 27.2 Å². The van der Waals surface area contributed by atoms with Gasteiger partial charge in [-0.1, -0.05) is 24.3 Å². The molecule has 0 aromatic heterocycles. The van der Waals surface area contributed by atoms with Crippen molar-refractivity contribution in [2.24, 2.45) is 5.92 Å². The molecule has 1 N–H and O–H groups in total. The normalized spacial score (nSPS) is 15.3. The zero-order valence-corrected chi connectivity index (χ0v) is 15.9. The SMILES string of the molecule is COc1cccc(CCNC(=O)[C@@H]2COc3c(cccc3OC)C2)c1OC. The Bertz CT molecular complexity index is 805. The lowest BCUT2D eigenvalue weighted by Crippen LogP contribution is -2.38. The molecule has 27 heavy (non-hydrogen) atoms. The molecule has 0 aliphatic carbocycles. The van der Waals surface area contributed by atoms with Crippen molar-refractivity contribution in [2.45, 2.75) is 12.8 Å². The van der Waals surface area contributed by atoms with E-state index in [1.165, 1.54) is 0 Å². The number of fused-ring (bicyclic) bond motifs is 1. The second-order valence-corrected chi connectivity index (χ2v) is 6.35. The molecule has 1 aliphatic rings. The summed E-state index contributed by atoms with van der Waals surface area (Å²) in [4.78, 5) is 12.6. The first-order valence-electron chi connectivity index (χ1n) is 8.94. The maximum absolute atomic E-state index is 12.6. The van der Waals surface area contributed by atoms with Crippen LogP contribution in [0.2, 0.25) is 0 Å². The molecule has 1 heterocycles. The van der Waals surface area contributed by atoms with Crippen LogP contribution in [0.4, 0.5) is 0 Å². The van der Waals surface area contributed by atoms with Crippen LogP contribution in [0.15, 0.2) is 36.4 Å². The molecule has 0 radical (unpaired) electrons. The second-order valence-electron chi connectivity index (χ2n) is 6.35. The molecule has 0 fully saturated rings. The van der Waals surface area contributed by atoms with Crippen LogP contribution < -0.4 is 24.3 Å². The summed E-state index contributed by atoms with van der Waals surface area (Å²) < 4.78 is 21.8. The van der Waals surface area contributed by atoms with Crippen LogP contribution in [-0.2, 0) is 17.6 Å². The Balaban J connectivity index is 1.58. The number of nitrogens with one attached hydrogen (secondary N) is 1. The summed E-state index contributed by atoms with van der Waals surface area (Å²) in [7, 11) is 4.84. The molecular formula is C21H25NO5. The number of hydrogen-bond acceptors (Lipinski definition) is 5. The average Bonchev–Trinajstić information content (AvgIpc) is 2.72. The van der Waals surface area contributed by atoms with Gasteiger partial charge in [0, 0.05) is 6.54 Å². The van der Waals surface area contributed by atoms with E-state index in [-0.39, 0.29) is 11.8 Å². The quantitative estimate of drug-likeness (QED) is 0.811. The largest absolute Gasteiger partial charge is 0.493 e. The average molecular weight is 371 g/mol. The van der Waals surface area contributed by atoms with Crippen LogP contribution in [0, 0.1) is 5.92 Å². The van der Waals surface area contributed by atoms with Crippen molar-refractivity contribution in [1.82, 2.24) is 5.32 Å². The molecule has 0 saturated carbocycles. The van der Waals surface area contributed by atoms with E-state index in [9.17, 15) is 4.79 Å². The lowest BCUT2D eigenvalue weighted by molar-refractivity contribution is -0.126. The van der Waals surface area contributed by atoms with Gasteiger partial charge in [-0.25, -0.2) is 0 Å².